The first-order valence-corrected chi connectivity index (χ1v) is 8.15. The van der Waals surface area contributed by atoms with E-state index in [4.69, 9.17) is 0 Å². The predicted molar refractivity (Wildman–Crippen MR) is 88.5 cm³/mol. The summed E-state index contributed by atoms with van der Waals surface area (Å²) in [6, 6.07) is 10.6. The summed E-state index contributed by atoms with van der Waals surface area (Å²) in [5.74, 6) is -0.231. The van der Waals surface area contributed by atoms with Gasteiger partial charge in [0.05, 0.1) is 6.04 Å². The first kappa shape index (κ1) is 16.6. The quantitative estimate of drug-likeness (QED) is 0.849. The van der Waals surface area contributed by atoms with E-state index in [-0.39, 0.29) is 17.8 Å². The third-order valence-electron chi connectivity index (χ3n) is 3.54. The summed E-state index contributed by atoms with van der Waals surface area (Å²) in [6.07, 6.45) is 1.04. The standard InChI is InChI=1S/C17H21FN2OS/c1-20(2)15(16-4-3-11-22-16)12-19-17(21)10-7-13-5-8-14(18)9-6-13/h3-6,8-9,11,15H,7,10,12H2,1-2H3,(H,19,21). The fraction of sp³-hybridized carbons (Fsp3) is 0.353. The van der Waals surface area contributed by atoms with Crippen LogP contribution in [0.5, 0.6) is 0 Å². The van der Waals surface area contributed by atoms with Gasteiger partial charge >= 0.3 is 0 Å². The molecule has 1 unspecified atom stereocenters. The molecule has 1 aromatic heterocycles. The summed E-state index contributed by atoms with van der Waals surface area (Å²) in [7, 11) is 4.02. The summed E-state index contributed by atoms with van der Waals surface area (Å²) < 4.78 is 12.8. The maximum absolute atomic E-state index is 12.8. The summed E-state index contributed by atoms with van der Waals surface area (Å²) in [5, 5.41) is 5.03. The Kier molecular flexibility index (Phi) is 6.10. The summed E-state index contributed by atoms with van der Waals surface area (Å²) in [6.45, 7) is 0.593. The lowest BCUT2D eigenvalue weighted by Gasteiger charge is -2.23. The van der Waals surface area contributed by atoms with Crippen molar-refractivity contribution in [2.45, 2.75) is 18.9 Å². The van der Waals surface area contributed by atoms with E-state index in [1.165, 1.54) is 17.0 Å². The van der Waals surface area contributed by atoms with Gasteiger partial charge in [-0.3, -0.25) is 4.79 Å². The van der Waals surface area contributed by atoms with Gasteiger partial charge in [-0.1, -0.05) is 18.2 Å². The third-order valence-corrected chi connectivity index (χ3v) is 4.52. The molecule has 0 saturated carbocycles. The van der Waals surface area contributed by atoms with Gasteiger partial charge in [-0.05, 0) is 49.7 Å². The van der Waals surface area contributed by atoms with E-state index in [2.05, 4.69) is 16.3 Å². The number of carbonyl (C=O) groups is 1. The number of benzene rings is 1. The second kappa shape index (κ2) is 8.06. The van der Waals surface area contributed by atoms with Crippen molar-refractivity contribution in [3.05, 3.63) is 58.0 Å². The fourth-order valence-corrected chi connectivity index (χ4v) is 3.15. The Bertz CT molecular complexity index is 581. The van der Waals surface area contributed by atoms with Crippen LogP contribution in [-0.2, 0) is 11.2 Å². The summed E-state index contributed by atoms with van der Waals surface area (Å²) >= 11 is 1.69. The van der Waals surface area contributed by atoms with Crippen molar-refractivity contribution in [3.63, 3.8) is 0 Å². The van der Waals surface area contributed by atoms with Crippen molar-refractivity contribution >= 4 is 17.2 Å². The lowest BCUT2D eigenvalue weighted by Crippen LogP contribution is -2.34. The molecule has 0 aliphatic rings. The van der Waals surface area contributed by atoms with Gasteiger partial charge in [-0.25, -0.2) is 4.39 Å². The van der Waals surface area contributed by atoms with Crippen LogP contribution in [0.3, 0.4) is 0 Å². The number of hydrogen-bond donors (Lipinski definition) is 1. The molecule has 1 N–H and O–H groups in total. The maximum Gasteiger partial charge on any atom is 0.220 e. The van der Waals surface area contributed by atoms with Crippen LogP contribution >= 0.6 is 11.3 Å². The molecule has 2 rings (SSSR count). The zero-order chi connectivity index (χ0) is 15.9. The van der Waals surface area contributed by atoms with Crippen LogP contribution in [0, 0.1) is 5.82 Å². The van der Waals surface area contributed by atoms with Crippen molar-refractivity contribution in [2.75, 3.05) is 20.6 Å². The number of halogens is 1. The number of hydrogen-bond acceptors (Lipinski definition) is 3. The highest BCUT2D eigenvalue weighted by Gasteiger charge is 2.16. The van der Waals surface area contributed by atoms with E-state index in [9.17, 15) is 9.18 Å². The molecule has 3 nitrogen and oxygen atoms in total. The first-order chi connectivity index (χ1) is 10.6. The zero-order valence-corrected chi connectivity index (χ0v) is 13.7. The van der Waals surface area contributed by atoms with Crippen LogP contribution in [0.4, 0.5) is 4.39 Å². The Morgan fingerprint density at radius 2 is 2.00 bits per heavy atom. The number of carbonyl (C=O) groups excluding carboxylic acids is 1. The molecule has 22 heavy (non-hydrogen) atoms. The molecule has 0 aliphatic carbocycles. The van der Waals surface area contributed by atoms with Crippen LogP contribution < -0.4 is 5.32 Å². The number of nitrogens with zero attached hydrogens (tertiary/aromatic N) is 1. The van der Waals surface area contributed by atoms with Crippen molar-refractivity contribution in [1.82, 2.24) is 10.2 Å². The number of rotatable bonds is 7. The normalized spacial score (nSPS) is 12.4. The Morgan fingerprint density at radius 3 is 2.59 bits per heavy atom. The molecule has 1 atom stereocenters. The van der Waals surface area contributed by atoms with Crippen molar-refractivity contribution in [3.8, 4) is 0 Å². The molecule has 0 radical (unpaired) electrons. The van der Waals surface area contributed by atoms with Crippen LogP contribution in [-0.4, -0.2) is 31.4 Å². The van der Waals surface area contributed by atoms with E-state index < -0.39 is 0 Å². The number of amides is 1. The highest BCUT2D eigenvalue weighted by Crippen LogP contribution is 2.22. The van der Waals surface area contributed by atoms with Gasteiger partial charge in [0.1, 0.15) is 5.82 Å². The number of nitrogens with one attached hydrogen (secondary N) is 1. The number of aryl methyl sites for hydroxylation is 1. The van der Waals surface area contributed by atoms with Crippen LogP contribution in [0.2, 0.25) is 0 Å². The average Bonchev–Trinajstić information content (AvgIpc) is 3.00. The monoisotopic (exact) mass is 320 g/mol. The smallest absolute Gasteiger partial charge is 0.220 e. The molecule has 1 amide bonds. The third kappa shape index (κ3) is 4.93. The largest absolute Gasteiger partial charge is 0.354 e. The fourth-order valence-electron chi connectivity index (χ4n) is 2.23. The van der Waals surface area contributed by atoms with Crippen molar-refractivity contribution in [2.24, 2.45) is 0 Å². The lowest BCUT2D eigenvalue weighted by atomic mass is 10.1. The molecule has 1 heterocycles. The van der Waals surface area contributed by atoms with Crippen LogP contribution in [0.1, 0.15) is 22.9 Å². The van der Waals surface area contributed by atoms with Gasteiger partial charge in [-0.2, -0.15) is 0 Å². The predicted octanol–water partition coefficient (Wildman–Crippen LogP) is 3.24. The Morgan fingerprint density at radius 1 is 1.27 bits per heavy atom. The second-order valence-electron chi connectivity index (χ2n) is 5.43. The maximum atomic E-state index is 12.8. The Labute approximate surface area is 134 Å². The highest BCUT2D eigenvalue weighted by molar-refractivity contribution is 7.10. The molecule has 0 spiro atoms. The molecule has 0 fully saturated rings. The van der Waals surface area contributed by atoms with Crippen LogP contribution in [0.15, 0.2) is 41.8 Å². The van der Waals surface area contributed by atoms with Gasteiger partial charge in [0.15, 0.2) is 0 Å². The second-order valence-corrected chi connectivity index (χ2v) is 6.40. The van der Waals surface area contributed by atoms with E-state index in [1.54, 1.807) is 23.5 Å². The minimum absolute atomic E-state index is 0.0210. The molecular weight excluding hydrogens is 299 g/mol. The average molecular weight is 320 g/mol. The summed E-state index contributed by atoms with van der Waals surface area (Å²) in [4.78, 5) is 15.3. The Hall–Kier alpha value is -1.72. The lowest BCUT2D eigenvalue weighted by molar-refractivity contribution is -0.121. The van der Waals surface area contributed by atoms with E-state index >= 15 is 0 Å². The minimum Gasteiger partial charge on any atom is -0.354 e. The zero-order valence-electron chi connectivity index (χ0n) is 12.9. The van der Waals surface area contributed by atoms with E-state index in [1.807, 2.05) is 25.5 Å². The molecule has 0 aliphatic heterocycles. The molecule has 0 bridgehead atoms. The molecular formula is C17H21FN2OS. The molecule has 1 aromatic carbocycles. The van der Waals surface area contributed by atoms with Gasteiger partial charge in [0, 0.05) is 17.8 Å². The SMILES string of the molecule is CN(C)C(CNC(=O)CCc1ccc(F)cc1)c1cccs1. The molecule has 2 aromatic rings. The van der Waals surface area contributed by atoms with Crippen molar-refractivity contribution in [1.29, 1.82) is 0 Å². The van der Waals surface area contributed by atoms with Gasteiger partial charge < -0.3 is 10.2 Å². The molecule has 0 saturated heterocycles. The van der Waals surface area contributed by atoms with Crippen molar-refractivity contribution < 1.29 is 9.18 Å². The first-order valence-electron chi connectivity index (χ1n) is 7.27. The van der Waals surface area contributed by atoms with Gasteiger partial charge in [-0.15, -0.1) is 11.3 Å². The molecule has 5 heteroatoms. The topological polar surface area (TPSA) is 32.3 Å². The van der Waals surface area contributed by atoms with E-state index in [0.717, 1.165) is 5.56 Å². The van der Waals surface area contributed by atoms with Crippen LogP contribution in [0.25, 0.3) is 0 Å². The minimum atomic E-state index is -0.252. The van der Waals surface area contributed by atoms with Gasteiger partial charge in [0.2, 0.25) is 5.91 Å². The molecule has 118 valence electrons. The number of likely N-dealkylation sites (N-methyl/N-ethyl adjacent to an activating group) is 1. The number of thiophene rings is 1. The van der Waals surface area contributed by atoms with E-state index in [0.29, 0.717) is 19.4 Å². The van der Waals surface area contributed by atoms with Gasteiger partial charge in [0.25, 0.3) is 0 Å². The Balaban J connectivity index is 1.80. The highest BCUT2D eigenvalue weighted by atomic mass is 32.1. The summed E-state index contributed by atoms with van der Waals surface area (Å²) in [5.41, 5.74) is 0.971.